The number of amides is 1. The van der Waals surface area contributed by atoms with Gasteiger partial charge in [0.2, 0.25) is 0 Å². The van der Waals surface area contributed by atoms with Crippen molar-refractivity contribution in [2.24, 2.45) is 0 Å². The molecule has 1 saturated heterocycles. The summed E-state index contributed by atoms with van der Waals surface area (Å²) in [5.74, 6) is -1.03. The lowest BCUT2D eigenvalue weighted by Crippen LogP contribution is -2.54. The maximum atomic E-state index is 12.3. The van der Waals surface area contributed by atoms with Crippen LogP contribution in [0.3, 0.4) is 0 Å². The predicted molar refractivity (Wildman–Crippen MR) is 83.0 cm³/mol. The second kappa shape index (κ2) is 7.29. The van der Waals surface area contributed by atoms with Crippen LogP contribution >= 0.6 is 0 Å². The van der Waals surface area contributed by atoms with Gasteiger partial charge in [0.1, 0.15) is 23.7 Å². The first kappa shape index (κ1) is 19.4. The molecule has 1 aliphatic heterocycles. The standard InChI is InChI=1S/C16H27NO6/c1-15(2,3)22-13(19)9-12(18)11-10-21-8-7-17(11)14(20)23-16(4,5)6/h11H,7-10H2,1-6H3. The van der Waals surface area contributed by atoms with Gasteiger partial charge in [-0.1, -0.05) is 0 Å². The van der Waals surface area contributed by atoms with Gasteiger partial charge in [0.05, 0.1) is 13.2 Å². The molecule has 132 valence electrons. The van der Waals surface area contributed by atoms with Gasteiger partial charge in [-0.3, -0.25) is 14.5 Å². The van der Waals surface area contributed by atoms with Crippen molar-refractivity contribution in [1.82, 2.24) is 4.90 Å². The maximum absolute atomic E-state index is 12.3. The zero-order valence-corrected chi connectivity index (χ0v) is 14.8. The number of carbonyl (C=O) groups excluding carboxylic acids is 3. The van der Waals surface area contributed by atoms with Gasteiger partial charge in [-0.15, -0.1) is 0 Å². The summed E-state index contributed by atoms with van der Waals surface area (Å²) in [6.45, 7) is 11.1. The number of ketones is 1. The molecule has 1 amide bonds. The van der Waals surface area contributed by atoms with Crippen LogP contribution in [-0.4, -0.2) is 59.7 Å². The van der Waals surface area contributed by atoms with Crippen molar-refractivity contribution in [2.45, 2.75) is 65.2 Å². The number of hydrogen-bond acceptors (Lipinski definition) is 6. The molecule has 7 nitrogen and oxygen atoms in total. The van der Waals surface area contributed by atoms with Gasteiger partial charge in [-0.05, 0) is 41.5 Å². The second-order valence-corrected chi connectivity index (χ2v) is 7.49. The smallest absolute Gasteiger partial charge is 0.411 e. The number of Topliss-reactive ketones (excluding diaryl/α,β-unsaturated/α-hetero) is 1. The Labute approximate surface area is 137 Å². The van der Waals surface area contributed by atoms with Gasteiger partial charge in [-0.2, -0.15) is 0 Å². The zero-order chi connectivity index (χ0) is 17.8. The summed E-state index contributed by atoms with van der Waals surface area (Å²) in [7, 11) is 0. The van der Waals surface area contributed by atoms with Crippen LogP contribution in [0.5, 0.6) is 0 Å². The fourth-order valence-corrected chi connectivity index (χ4v) is 2.05. The Balaban J connectivity index is 2.72. The minimum atomic E-state index is -0.828. The van der Waals surface area contributed by atoms with E-state index in [0.717, 1.165) is 0 Å². The molecule has 0 spiro atoms. The number of esters is 1. The van der Waals surface area contributed by atoms with Crippen molar-refractivity contribution < 1.29 is 28.6 Å². The van der Waals surface area contributed by atoms with E-state index in [1.807, 2.05) is 0 Å². The summed E-state index contributed by atoms with van der Waals surface area (Å²) in [6, 6.07) is -0.828. The molecule has 0 aliphatic carbocycles. The van der Waals surface area contributed by atoms with E-state index in [1.165, 1.54) is 4.90 Å². The summed E-state index contributed by atoms with van der Waals surface area (Å²) in [6.07, 6.45) is -0.978. The van der Waals surface area contributed by atoms with Crippen molar-refractivity contribution in [3.05, 3.63) is 0 Å². The average Bonchev–Trinajstić information content (AvgIpc) is 2.34. The maximum Gasteiger partial charge on any atom is 0.411 e. The van der Waals surface area contributed by atoms with E-state index in [0.29, 0.717) is 6.61 Å². The van der Waals surface area contributed by atoms with Crippen molar-refractivity contribution in [1.29, 1.82) is 0 Å². The van der Waals surface area contributed by atoms with Crippen LogP contribution in [0.2, 0.25) is 0 Å². The Hall–Kier alpha value is -1.63. The number of carbonyl (C=O) groups is 3. The predicted octanol–water partition coefficient (Wildman–Crippen LogP) is 1.92. The Bertz CT molecular complexity index is 460. The molecule has 1 aliphatic rings. The summed E-state index contributed by atoms with van der Waals surface area (Å²) in [5, 5.41) is 0. The van der Waals surface area contributed by atoms with E-state index >= 15 is 0 Å². The van der Waals surface area contributed by atoms with Crippen molar-refractivity contribution >= 4 is 17.8 Å². The largest absolute Gasteiger partial charge is 0.460 e. The fraction of sp³-hybridized carbons (Fsp3) is 0.812. The Morgan fingerprint density at radius 3 is 2.13 bits per heavy atom. The molecule has 0 aromatic heterocycles. The van der Waals surface area contributed by atoms with Gasteiger partial charge < -0.3 is 14.2 Å². The van der Waals surface area contributed by atoms with E-state index in [1.54, 1.807) is 41.5 Å². The highest BCUT2D eigenvalue weighted by atomic mass is 16.6. The lowest BCUT2D eigenvalue weighted by molar-refractivity contribution is -0.157. The highest BCUT2D eigenvalue weighted by Crippen LogP contribution is 2.17. The van der Waals surface area contributed by atoms with Crippen LogP contribution in [0, 0.1) is 0 Å². The SMILES string of the molecule is CC(C)(C)OC(=O)CC(=O)C1COCCN1C(=O)OC(C)(C)C. The van der Waals surface area contributed by atoms with Crippen LogP contribution in [0.4, 0.5) is 4.79 Å². The number of ether oxygens (including phenoxy) is 3. The second-order valence-electron chi connectivity index (χ2n) is 7.49. The van der Waals surface area contributed by atoms with Gasteiger partial charge in [0, 0.05) is 6.54 Å². The summed E-state index contributed by atoms with van der Waals surface area (Å²) in [5.41, 5.74) is -1.32. The summed E-state index contributed by atoms with van der Waals surface area (Å²) in [4.78, 5) is 37.7. The molecule has 1 unspecified atom stereocenters. The summed E-state index contributed by atoms with van der Waals surface area (Å²) < 4.78 is 15.7. The van der Waals surface area contributed by atoms with E-state index in [2.05, 4.69) is 0 Å². The van der Waals surface area contributed by atoms with Gasteiger partial charge in [0.25, 0.3) is 0 Å². The van der Waals surface area contributed by atoms with E-state index in [4.69, 9.17) is 14.2 Å². The van der Waals surface area contributed by atoms with E-state index < -0.39 is 41.5 Å². The summed E-state index contributed by atoms with van der Waals surface area (Å²) >= 11 is 0. The van der Waals surface area contributed by atoms with Gasteiger partial charge >= 0.3 is 12.1 Å². The quantitative estimate of drug-likeness (QED) is 0.581. The fourth-order valence-electron chi connectivity index (χ4n) is 2.05. The molecular weight excluding hydrogens is 302 g/mol. The van der Waals surface area contributed by atoms with Crippen molar-refractivity contribution in [3.63, 3.8) is 0 Å². The Morgan fingerprint density at radius 2 is 1.61 bits per heavy atom. The first-order chi connectivity index (χ1) is 10.4. The van der Waals surface area contributed by atoms with Gasteiger partial charge in [-0.25, -0.2) is 4.79 Å². The molecule has 0 aromatic carbocycles. The lowest BCUT2D eigenvalue weighted by atomic mass is 10.1. The minimum Gasteiger partial charge on any atom is -0.460 e. The van der Waals surface area contributed by atoms with Crippen molar-refractivity contribution in [2.75, 3.05) is 19.8 Å². The molecule has 0 aromatic rings. The Morgan fingerprint density at radius 1 is 1.04 bits per heavy atom. The Kier molecular flexibility index (Phi) is 6.16. The third-order valence-electron chi connectivity index (χ3n) is 2.87. The normalized spacial score (nSPS) is 19.2. The van der Waals surface area contributed by atoms with Crippen LogP contribution in [-0.2, 0) is 23.8 Å². The number of hydrogen-bond donors (Lipinski definition) is 0. The van der Waals surface area contributed by atoms with Crippen LogP contribution < -0.4 is 0 Å². The topological polar surface area (TPSA) is 82.1 Å². The zero-order valence-electron chi connectivity index (χ0n) is 14.8. The highest BCUT2D eigenvalue weighted by Gasteiger charge is 2.36. The van der Waals surface area contributed by atoms with Crippen LogP contribution in [0.15, 0.2) is 0 Å². The van der Waals surface area contributed by atoms with E-state index in [-0.39, 0.29) is 13.2 Å². The molecular formula is C16H27NO6. The number of nitrogens with zero attached hydrogens (tertiary/aromatic N) is 1. The monoisotopic (exact) mass is 329 g/mol. The molecule has 0 radical (unpaired) electrons. The third-order valence-corrected chi connectivity index (χ3v) is 2.87. The van der Waals surface area contributed by atoms with Crippen LogP contribution in [0.1, 0.15) is 48.0 Å². The van der Waals surface area contributed by atoms with Crippen LogP contribution in [0.25, 0.3) is 0 Å². The number of rotatable bonds is 3. The molecule has 1 fully saturated rings. The van der Waals surface area contributed by atoms with Crippen molar-refractivity contribution in [3.8, 4) is 0 Å². The first-order valence-electron chi connectivity index (χ1n) is 7.71. The molecule has 1 rings (SSSR count). The minimum absolute atomic E-state index is 0.0564. The average molecular weight is 329 g/mol. The molecule has 0 bridgehead atoms. The molecule has 1 atom stereocenters. The third kappa shape index (κ3) is 6.99. The van der Waals surface area contributed by atoms with E-state index in [9.17, 15) is 14.4 Å². The molecule has 1 heterocycles. The molecule has 0 N–H and O–H groups in total. The molecule has 0 saturated carbocycles. The molecule has 23 heavy (non-hydrogen) atoms. The highest BCUT2D eigenvalue weighted by molar-refractivity contribution is 5.99. The first-order valence-corrected chi connectivity index (χ1v) is 7.71. The molecule has 7 heteroatoms. The van der Waals surface area contributed by atoms with Gasteiger partial charge in [0.15, 0.2) is 5.78 Å². The lowest BCUT2D eigenvalue weighted by Gasteiger charge is -2.35. The number of morpholine rings is 1.